The van der Waals surface area contributed by atoms with Gasteiger partial charge in [-0.05, 0) is 60.2 Å². The smallest absolute Gasteiger partial charge is 0.267 e. The Balaban J connectivity index is 1.75. The average molecular weight is 463 g/mol. The third kappa shape index (κ3) is 4.52. The number of thioether (sulfide) groups is 1. The van der Waals surface area contributed by atoms with E-state index >= 15 is 0 Å². The third-order valence-corrected chi connectivity index (χ3v) is 6.11. The van der Waals surface area contributed by atoms with E-state index in [1.807, 2.05) is 97.9 Å². The SMILES string of the molecule is C[C@H](c1ccccc1)N1C(=O)/C(=C\c2cccc(Br)c2)SC1=Nc1ccccc1. The highest BCUT2D eigenvalue weighted by Gasteiger charge is 2.37. The van der Waals surface area contributed by atoms with Gasteiger partial charge in [-0.15, -0.1) is 0 Å². The Morgan fingerprint density at radius 2 is 1.66 bits per heavy atom. The third-order valence-electron chi connectivity index (χ3n) is 4.63. The summed E-state index contributed by atoms with van der Waals surface area (Å²) in [6.07, 6.45) is 1.93. The normalized spacial score (nSPS) is 17.9. The van der Waals surface area contributed by atoms with E-state index in [0.29, 0.717) is 10.1 Å². The molecule has 1 aliphatic rings. The van der Waals surface area contributed by atoms with Crippen molar-refractivity contribution < 1.29 is 4.79 Å². The van der Waals surface area contributed by atoms with Gasteiger partial charge < -0.3 is 0 Å². The molecule has 0 aliphatic carbocycles. The molecule has 0 unspecified atom stereocenters. The summed E-state index contributed by atoms with van der Waals surface area (Å²) in [5, 5.41) is 0.693. The number of carbonyl (C=O) groups excluding carboxylic acids is 1. The molecule has 0 bridgehead atoms. The summed E-state index contributed by atoms with van der Waals surface area (Å²) in [5.41, 5.74) is 2.88. The molecule has 1 amide bonds. The molecular weight excluding hydrogens is 444 g/mol. The van der Waals surface area contributed by atoms with Crippen LogP contribution in [0.1, 0.15) is 24.1 Å². The maximum Gasteiger partial charge on any atom is 0.267 e. The number of halogens is 1. The molecule has 1 heterocycles. The Morgan fingerprint density at radius 1 is 0.966 bits per heavy atom. The van der Waals surface area contributed by atoms with Crippen molar-refractivity contribution in [3.63, 3.8) is 0 Å². The number of para-hydroxylation sites is 1. The Hall–Kier alpha value is -2.63. The molecule has 1 fully saturated rings. The molecule has 1 aliphatic heterocycles. The fourth-order valence-corrected chi connectivity index (χ4v) is 4.63. The van der Waals surface area contributed by atoms with Crippen LogP contribution in [0.5, 0.6) is 0 Å². The molecule has 0 radical (unpaired) electrons. The van der Waals surface area contributed by atoms with Gasteiger partial charge in [0.25, 0.3) is 5.91 Å². The molecule has 4 rings (SSSR count). The fourth-order valence-electron chi connectivity index (χ4n) is 3.15. The molecule has 3 aromatic carbocycles. The van der Waals surface area contributed by atoms with E-state index in [0.717, 1.165) is 21.3 Å². The topological polar surface area (TPSA) is 32.7 Å². The van der Waals surface area contributed by atoms with E-state index in [1.54, 1.807) is 4.90 Å². The van der Waals surface area contributed by atoms with Crippen LogP contribution in [0.15, 0.2) is 99.3 Å². The molecule has 1 saturated heterocycles. The van der Waals surface area contributed by atoms with Gasteiger partial charge in [0.2, 0.25) is 0 Å². The van der Waals surface area contributed by atoms with Gasteiger partial charge in [0, 0.05) is 4.47 Å². The molecule has 29 heavy (non-hydrogen) atoms. The summed E-state index contributed by atoms with van der Waals surface area (Å²) < 4.78 is 0.981. The molecule has 5 heteroatoms. The second kappa shape index (κ2) is 8.80. The largest absolute Gasteiger partial charge is 0.279 e. The molecule has 0 aromatic heterocycles. The van der Waals surface area contributed by atoms with Gasteiger partial charge in [-0.3, -0.25) is 9.69 Å². The van der Waals surface area contributed by atoms with Crippen molar-refractivity contribution in [1.82, 2.24) is 4.90 Å². The van der Waals surface area contributed by atoms with Crippen LogP contribution in [0.3, 0.4) is 0 Å². The van der Waals surface area contributed by atoms with Crippen LogP contribution in [-0.2, 0) is 4.79 Å². The van der Waals surface area contributed by atoms with E-state index in [-0.39, 0.29) is 11.9 Å². The van der Waals surface area contributed by atoms with E-state index < -0.39 is 0 Å². The zero-order chi connectivity index (χ0) is 20.2. The number of hydrogen-bond acceptors (Lipinski definition) is 3. The van der Waals surface area contributed by atoms with Crippen LogP contribution < -0.4 is 0 Å². The van der Waals surface area contributed by atoms with Crippen molar-refractivity contribution in [2.45, 2.75) is 13.0 Å². The highest BCUT2D eigenvalue weighted by molar-refractivity contribution is 9.10. The van der Waals surface area contributed by atoms with Crippen LogP contribution >= 0.6 is 27.7 Å². The van der Waals surface area contributed by atoms with Crippen LogP contribution in [0.25, 0.3) is 6.08 Å². The van der Waals surface area contributed by atoms with Crippen LogP contribution in [-0.4, -0.2) is 16.0 Å². The predicted octanol–water partition coefficient (Wildman–Crippen LogP) is 6.81. The highest BCUT2D eigenvalue weighted by Crippen LogP contribution is 2.39. The van der Waals surface area contributed by atoms with Crippen molar-refractivity contribution in [3.05, 3.63) is 105 Å². The second-order valence-electron chi connectivity index (χ2n) is 6.66. The fraction of sp³-hybridized carbons (Fsp3) is 0.0833. The summed E-state index contributed by atoms with van der Waals surface area (Å²) in [7, 11) is 0. The number of amides is 1. The molecule has 0 N–H and O–H groups in total. The minimum absolute atomic E-state index is 0.0268. The number of amidine groups is 1. The van der Waals surface area contributed by atoms with Gasteiger partial charge in [0.1, 0.15) is 0 Å². The van der Waals surface area contributed by atoms with Gasteiger partial charge in [0.15, 0.2) is 5.17 Å². The quantitative estimate of drug-likeness (QED) is 0.398. The van der Waals surface area contributed by atoms with Crippen molar-refractivity contribution in [2.24, 2.45) is 4.99 Å². The summed E-state index contributed by atoms with van der Waals surface area (Å²) in [6, 6.07) is 27.6. The van der Waals surface area contributed by atoms with Gasteiger partial charge in [-0.2, -0.15) is 0 Å². The maximum absolute atomic E-state index is 13.4. The van der Waals surface area contributed by atoms with Crippen molar-refractivity contribution in [1.29, 1.82) is 0 Å². The first kappa shape index (κ1) is 19.7. The van der Waals surface area contributed by atoms with Crippen LogP contribution in [0.4, 0.5) is 5.69 Å². The van der Waals surface area contributed by atoms with Crippen LogP contribution in [0, 0.1) is 0 Å². The summed E-state index contributed by atoms with van der Waals surface area (Å²) in [4.78, 5) is 20.6. The molecule has 3 nitrogen and oxygen atoms in total. The number of hydrogen-bond donors (Lipinski definition) is 0. The maximum atomic E-state index is 13.4. The van der Waals surface area contributed by atoms with E-state index in [2.05, 4.69) is 15.9 Å². The minimum Gasteiger partial charge on any atom is -0.279 e. The molecular formula is C24H19BrN2OS. The number of aliphatic imine (C=N–C) groups is 1. The van der Waals surface area contributed by atoms with E-state index in [9.17, 15) is 4.79 Å². The van der Waals surface area contributed by atoms with Gasteiger partial charge in [-0.25, -0.2) is 4.99 Å². The standard InChI is InChI=1S/C24H19BrN2OS/c1-17(19-10-4-2-5-11-19)27-23(28)22(16-18-9-8-12-20(25)15-18)29-24(27)26-21-13-6-3-7-14-21/h2-17H,1H3/b22-16+,26-24?/t17-/m1/s1. The molecule has 144 valence electrons. The summed E-state index contributed by atoms with van der Waals surface area (Å²) >= 11 is 4.91. The molecule has 0 saturated carbocycles. The first-order valence-corrected chi connectivity index (χ1v) is 10.9. The monoisotopic (exact) mass is 462 g/mol. The molecule has 1 atom stereocenters. The van der Waals surface area contributed by atoms with Crippen molar-refractivity contribution >= 4 is 50.5 Å². The van der Waals surface area contributed by atoms with E-state index in [1.165, 1.54) is 11.8 Å². The number of benzene rings is 3. The van der Waals surface area contributed by atoms with Crippen molar-refractivity contribution in [2.75, 3.05) is 0 Å². The first-order valence-electron chi connectivity index (χ1n) is 9.29. The number of carbonyl (C=O) groups is 1. The lowest BCUT2D eigenvalue weighted by Gasteiger charge is -2.24. The van der Waals surface area contributed by atoms with Crippen molar-refractivity contribution in [3.8, 4) is 0 Å². The summed E-state index contributed by atoms with van der Waals surface area (Å²) in [5.74, 6) is -0.0268. The zero-order valence-corrected chi connectivity index (χ0v) is 18.2. The lowest BCUT2D eigenvalue weighted by molar-refractivity contribution is -0.123. The van der Waals surface area contributed by atoms with Gasteiger partial charge in [-0.1, -0.05) is 76.6 Å². The number of nitrogens with zero attached hydrogens (tertiary/aromatic N) is 2. The Kier molecular flexibility index (Phi) is 5.97. The lowest BCUT2D eigenvalue weighted by atomic mass is 10.1. The lowest BCUT2D eigenvalue weighted by Crippen LogP contribution is -2.32. The van der Waals surface area contributed by atoms with E-state index in [4.69, 9.17) is 4.99 Å². The average Bonchev–Trinajstić information content (AvgIpc) is 3.03. The summed E-state index contributed by atoms with van der Waals surface area (Å²) in [6.45, 7) is 2.04. The predicted molar refractivity (Wildman–Crippen MR) is 125 cm³/mol. The Bertz CT molecular complexity index is 1080. The van der Waals surface area contributed by atoms with Crippen LogP contribution in [0.2, 0.25) is 0 Å². The zero-order valence-electron chi connectivity index (χ0n) is 15.8. The Labute approximate surface area is 183 Å². The Morgan fingerprint density at radius 3 is 2.34 bits per heavy atom. The molecule has 3 aromatic rings. The number of rotatable bonds is 4. The minimum atomic E-state index is -0.118. The molecule has 0 spiro atoms. The van der Waals surface area contributed by atoms with Gasteiger partial charge in [0.05, 0.1) is 16.6 Å². The second-order valence-corrected chi connectivity index (χ2v) is 8.58. The van der Waals surface area contributed by atoms with Gasteiger partial charge >= 0.3 is 0 Å². The highest BCUT2D eigenvalue weighted by atomic mass is 79.9. The first-order chi connectivity index (χ1) is 14.1.